The van der Waals surface area contributed by atoms with Crippen molar-refractivity contribution in [1.82, 2.24) is 0 Å². The molecule has 0 aromatic heterocycles. The molecule has 88 valence electrons. The summed E-state index contributed by atoms with van der Waals surface area (Å²) in [5.74, 6) is 1.19. The third kappa shape index (κ3) is 3.58. The van der Waals surface area contributed by atoms with Crippen molar-refractivity contribution in [1.29, 1.82) is 0 Å². The molecule has 0 aliphatic heterocycles. The van der Waals surface area contributed by atoms with Crippen molar-refractivity contribution in [2.45, 2.75) is 45.3 Å². The van der Waals surface area contributed by atoms with E-state index in [1.54, 1.807) is 21.1 Å². The van der Waals surface area contributed by atoms with E-state index in [9.17, 15) is 4.79 Å². The van der Waals surface area contributed by atoms with E-state index in [0.29, 0.717) is 17.6 Å². The summed E-state index contributed by atoms with van der Waals surface area (Å²) in [6.07, 6.45) is 5.27. The first-order valence-corrected chi connectivity index (χ1v) is 5.75. The highest BCUT2D eigenvalue weighted by atomic mass is 16.7. The van der Waals surface area contributed by atoms with Crippen molar-refractivity contribution in [3.8, 4) is 0 Å². The van der Waals surface area contributed by atoms with Crippen LogP contribution < -0.4 is 0 Å². The number of methoxy groups -OCH3 is 2. The van der Waals surface area contributed by atoms with Crippen LogP contribution in [0, 0.1) is 11.8 Å². The zero-order valence-electron chi connectivity index (χ0n) is 9.99. The summed E-state index contributed by atoms with van der Waals surface area (Å²) in [6.45, 7) is 1.72. The molecule has 1 aliphatic carbocycles. The normalized spacial score (nSPS) is 26.1. The predicted octanol–water partition coefficient (Wildman–Crippen LogP) is 2.39. The van der Waals surface area contributed by atoms with E-state index in [1.807, 2.05) is 0 Å². The van der Waals surface area contributed by atoms with E-state index in [4.69, 9.17) is 9.47 Å². The van der Waals surface area contributed by atoms with Gasteiger partial charge in [-0.15, -0.1) is 0 Å². The van der Waals surface area contributed by atoms with E-state index >= 15 is 0 Å². The summed E-state index contributed by atoms with van der Waals surface area (Å²) in [5.41, 5.74) is 0. The summed E-state index contributed by atoms with van der Waals surface area (Å²) in [7, 11) is 3.32. The molecule has 1 fully saturated rings. The van der Waals surface area contributed by atoms with Gasteiger partial charge in [-0.05, 0) is 38.5 Å². The van der Waals surface area contributed by atoms with Gasteiger partial charge < -0.3 is 9.47 Å². The van der Waals surface area contributed by atoms with Crippen molar-refractivity contribution in [3.63, 3.8) is 0 Å². The quantitative estimate of drug-likeness (QED) is 0.637. The minimum absolute atomic E-state index is 0.113. The number of hydrogen-bond donors (Lipinski definition) is 0. The standard InChI is InChI=1S/C12H22O3/c1-9(13)11-6-4-5-10(11)7-8-12(14-2)15-3/h10-12H,4-8H2,1-3H3/t10-,11+/m0/s1. The van der Waals surface area contributed by atoms with Crippen molar-refractivity contribution in [2.75, 3.05) is 14.2 Å². The van der Waals surface area contributed by atoms with Crippen LogP contribution in [-0.2, 0) is 14.3 Å². The lowest BCUT2D eigenvalue weighted by Gasteiger charge is -2.19. The van der Waals surface area contributed by atoms with Gasteiger partial charge in [-0.25, -0.2) is 0 Å². The number of Topliss-reactive ketones (excluding diaryl/α,β-unsaturated/α-hetero) is 1. The fourth-order valence-electron chi connectivity index (χ4n) is 2.60. The number of rotatable bonds is 6. The second kappa shape index (κ2) is 6.23. The largest absolute Gasteiger partial charge is 0.356 e. The van der Waals surface area contributed by atoms with Crippen LogP contribution in [0.4, 0.5) is 0 Å². The van der Waals surface area contributed by atoms with Crippen LogP contribution in [0.3, 0.4) is 0 Å². The number of ketones is 1. The SMILES string of the molecule is COC(CC[C@@H]1CCC[C@@H]1C(C)=O)OC. The van der Waals surface area contributed by atoms with Gasteiger partial charge in [0.2, 0.25) is 0 Å². The Morgan fingerprint density at radius 1 is 1.33 bits per heavy atom. The Morgan fingerprint density at radius 3 is 2.53 bits per heavy atom. The van der Waals surface area contributed by atoms with Crippen molar-refractivity contribution in [2.24, 2.45) is 11.8 Å². The first kappa shape index (κ1) is 12.7. The molecule has 0 N–H and O–H groups in total. The van der Waals surface area contributed by atoms with Gasteiger partial charge >= 0.3 is 0 Å². The Balaban J connectivity index is 2.34. The summed E-state index contributed by atoms with van der Waals surface area (Å²) >= 11 is 0. The summed E-state index contributed by atoms with van der Waals surface area (Å²) in [5, 5.41) is 0. The molecule has 0 radical (unpaired) electrons. The van der Waals surface area contributed by atoms with E-state index < -0.39 is 0 Å². The molecule has 3 nitrogen and oxygen atoms in total. The van der Waals surface area contributed by atoms with Gasteiger partial charge in [0.05, 0.1) is 0 Å². The maximum absolute atomic E-state index is 11.4. The van der Waals surface area contributed by atoms with Crippen LogP contribution in [0.25, 0.3) is 0 Å². The topological polar surface area (TPSA) is 35.5 Å². The molecule has 0 aromatic rings. The number of carbonyl (C=O) groups excluding carboxylic acids is 1. The number of hydrogen-bond acceptors (Lipinski definition) is 3. The lowest BCUT2D eigenvalue weighted by molar-refractivity contribution is -0.123. The third-order valence-corrected chi connectivity index (χ3v) is 3.48. The van der Waals surface area contributed by atoms with Crippen molar-refractivity contribution in [3.05, 3.63) is 0 Å². The highest BCUT2D eigenvalue weighted by Crippen LogP contribution is 2.35. The molecule has 15 heavy (non-hydrogen) atoms. The van der Waals surface area contributed by atoms with Crippen LogP contribution >= 0.6 is 0 Å². The van der Waals surface area contributed by atoms with Crippen LogP contribution in [0.2, 0.25) is 0 Å². The molecule has 0 aromatic carbocycles. The molecular formula is C12H22O3. The molecule has 0 saturated heterocycles. The van der Waals surface area contributed by atoms with E-state index in [0.717, 1.165) is 19.3 Å². The first-order valence-electron chi connectivity index (χ1n) is 5.75. The lowest BCUT2D eigenvalue weighted by atomic mass is 9.89. The van der Waals surface area contributed by atoms with Gasteiger partial charge in [0.25, 0.3) is 0 Å². The second-order valence-corrected chi connectivity index (χ2v) is 4.39. The molecule has 0 bridgehead atoms. The average Bonchev–Trinajstić information content (AvgIpc) is 2.67. The Morgan fingerprint density at radius 2 is 2.00 bits per heavy atom. The van der Waals surface area contributed by atoms with Crippen LogP contribution in [0.5, 0.6) is 0 Å². The minimum atomic E-state index is -0.113. The first-order chi connectivity index (χ1) is 7.19. The van der Waals surface area contributed by atoms with E-state index in [1.165, 1.54) is 12.8 Å². The summed E-state index contributed by atoms with van der Waals surface area (Å²) in [4.78, 5) is 11.4. The number of ether oxygens (including phenoxy) is 2. The van der Waals surface area contributed by atoms with Crippen molar-refractivity contribution < 1.29 is 14.3 Å². The molecular weight excluding hydrogens is 192 g/mol. The van der Waals surface area contributed by atoms with Gasteiger partial charge in [-0.3, -0.25) is 4.79 Å². The molecule has 0 amide bonds. The molecule has 0 unspecified atom stereocenters. The molecule has 0 heterocycles. The van der Waals surface area contributed by atoms with Gasteiger partial charge in [0.1, 0.15) is 5.78 Å². The molecule has 1 saturated carbocycles. The summed E-state index contributed by atoms with van der Waals surface area (Å²) in [6, 6.07) is 0. The predicted molar refractivity (Wildman–Crippen MR) is 58.6 cm³/mol. The Labute approximate surface area is 92.1 Å². The van der Waals surface area contributed by atoms with Gasteiger partial charge in [-0.1, -0.05) is 6.42 Å². The fourth-order valence-corrected chi connectivity index (χ4v) is 2.60. The van der Waals surface area contributed by atoms with Crippen LogP contribution in [0.15, 0.2) is 0 Å². The van der Waals surface area contributed by atoms with E-state index in [-0.39, 0.29) is 6.29 Å². The van der Waals surface area contributed by atoms with Gasteiger partial charge in [0.15, 0.2) is 6.29 Å². The van der Waals surface area contributed by atoms with Crippen molar-refractivity contribution >= 4 is 5.78 Å². The Kier molecular flexibility index (Phi) is 5.26. The lowest BCUT2D eigenvalue weighted by Crippen LogP contribution is -2.19. The number of carbonyl (C=O) groups is 1. The minimum Gasteiger partial charge on any atom is -0.356 e. The van der Waals surface area contributed by atoms with Crippen LogP contribution in [0.1, 0.15) is 39.0 Å². The Hall–Kier alpha value is -0.410. The van der Waals surface area contributed by atoms with Crippen LogP contribution in [-0.4, -0.2) is 26.3 Å². The second-order valence-electron chi connectivity index (χ2n) is 4.39. The maximum Gasteiger partial charge on any atom is 0.156 e. The maximum atomic E-state index is 11.4. The third-order valence-electron chi connectivity index (χ3n) is 3.48. The summed E-state index contributed by atoms with van der Waals surface area (Å²) < 4.78 is 10.3. The zero-order valence-corrected chi connectivity index (χ0v) is 9.99. The fraction of sp³-hybridized carbons (Fsp3) is 0.917. The average molecular weight is 214 g/mol. The molecule has 1 rings (SSSR count). The molecule has 0 spiro atoms. The molecule has 2 atom stereocenters. The zero-order chi connectivity index (χ0) is 11.3. The monoisotopic (exact) mass is 214 g/mol. The smallest absolute Gasteiger partial charge is 0.156 e. The highest BCUT2D eigenvalue weighted by Gasteiger charge is 2.30. The van der Waals surface area contributed by atoms with Gasteiger partial charge in [0, 0.05) is 20.1 Å². The van der Waals surface area contributed by atoms with E-state index in [2.05, 4.69) is 0 Å². The van der Waals surface area contributed by atoms with Gasteiger partial charge in [-0.2, -0.15) is 0 Å². The highest BCUT2D eigenvalue weighted by molar-refractivity contribution is 5.78. The Bertz CT molecular complexity index is 199. The molecule has 3 heteroatoms. The molecule has 1 aliphatic rings.